The Morgan fingerprint density at radius 3 is 1.54 bits per heavy atom. The van der Waals surface area contributed by atoms with Crippen LogP contribution in [0, 0.1) is 71.0 Å². The highest BCUT2D eigenvalue weighted by Crippen LogP contribution is 2.77. The molecule has 1 aliphatic heterocycles. The summed E-state index contributed by atoms with van der Waals surface area (Å²) < 4.78 is 24.5. The Kier molecular flexibility index (Phi) is 2.89. The lowest BCUT2D eigenvalue weighted by atomic mass is 9.58. The molecule has 1 saturated heterocycles. The van der Waals surface area contributed by atoms with Crippen LogP contribution in [0.1, 0.15) is 46.0 Å². The molecule has 0 amide bonds. The van der Waals surface area contributed by atoms with E-state index >= 15 is 0 Å². The van der Waals surface area contributed by atoms with Gasteiger partial charge in [0.1, 0.15) is 0 Å². The van der Waals surface area contributed by atoms with Crippen LogP contribution in [-0.4, -0.2) is 19.9 Å². The van der Waals surface area contributed by atoms with Crippen molar-refractivity contribution in [2.24, 2.45) is 71.0 Å². The molecule has 12 unspecified atom stereocenters. The second-order valence-corrected chi connectivity index (χ2v) is 12.6. The standard InChI is InChI=1S/C21H32O2S/c1-3-10-5-11(4-2)19-15-7-14(18(10)19)20-12-6-13(21(15)20)17-9-24(22,23)8-16(12)17/h10-21H,3-9H2,1-2H3. The maximum atomic E-state index is 12.3. The maximum Gasteiger partial charge on any atom is 0.150 e. The minimum absolute atomic E-state index is 0.544. The number of fused-ring (bicyclic) bond motifs is 15. The molecule has 4 bridgehead atoms. The summed E-state index contributed by atoms with van der Waals surface area (Å²) >= 11 is 0. The summed E-state index contributed by atoms with van der Waals surface area (Å²) in [6.07, 6.45) is 7.20. The van der Waals surface area contributed by atoms with Gasteiger partial charge in [-0.2, -0.15) is 0 Å². The molecule has 2 nitrogen and oxygen atoms in total. The molecule has 0 spiro atoms. The highest BCUT2D eigenvalue weighted by molar-refractivity contribution is 7.91. The third kappa shape index (κ3) is 1.59. The summed E-state index contributed by atoms with van der Waals surface area (Å²) in [5, 5.41) is 0. The molecule has 0 aromatic rings. The molecule has 134 valence electrons. The molecule has 5 aliphatic carbocycles. The van der Waals surface area contributed by atoms with Gasteiger partial charge in [-0.1, -0.05) is 26.7 Å². The van der Waals surface area contributed by atoms with E-state index in [0.29, 0.717) is 23.3 Å². The summed E-state index contributed by atoms with van der Waals surface area (Å²) in [5.74, 6) is 11.6. The molecule has 0 aromatic heterocycles. The highest BCUT2D eigenvalue weighted by Gasteiger charge is 2.73. The lowest BCUT2D eigenvalue weighted by Gasteiger charge is -2.46. The first-order valence-electron chi connectivity index (χ1n) is 10.7. The van der Waals surface area contributed by atoms with E-state index in [9.17, 15) is 8.42 Å². The van der Waals surface area contributed by atoms with Gasteiger partial charge < -0.3 is 0 Å². The fourth-order valence-corrected chi connectivity index (χ4v) is 12.3. The van der Waals surface area contributed by atoms with Gasteiger partial charge in [0.2, 0.25) is 0 Å². The van der Waals surface area contributed by atoms with Gasteiger partial charge in [0.25, 0.3) is 0 Å². The van der Waals surface area contributed by atoms with Crippen LogP contribution in [-0.2, 0) is 9.84 Å². The van der Waals surface area contributed by atoms with Gasteiger partial charge in [0, 0.05) is 0 Å². The van der Waals surface area contributed by atoms with Crippen molar-refractivity contribution in [2.45, 2.75) is 46.0 Å². The van der Waals surface area contributed by atoms with E-state index in [0.717, 1.165) is 59.2 Å². The normalized spacial score (nSPS) is 64.4. The number of hydrogen-bond acceptors (Lipinski definition) is 2. The second-order valence-electron chi connectivity index (χ2n) is 10.4. The average Bonchev–Trinajstić information content (AvgIpc) is 3.30. The molecular formula is C21H32O2S. The Hall–Kier alpha value is -0.0500. The van der Waals surface area contributed by atoms with Gasteiger partial charge in [-0.05, 0) is 90.3 Å². The Morgan fingerprint density at radius 2 is 1.08 bits per heavy atom. The van der Waals surface area contributed by atoms with E-state index in [4.69, 9.17) is 0 Å². The van der Waals surface area contributed by atoms with Crippen molar-refractivity contribution in [1.29, 1.82) is 0 Å². The van der Waals surface area contributed by atoms with Crippen molar-refractivity contribution in [3.8, 4) is 0 Å². The van der Waals surface area contributed by atoms with Gasteiger partial charge in [-0.15, -0.1) is 0 Å². The van der Waals surface area contributed by atoms with E-state index in [1.165, 1.54) is 32.1 Å². The van der Waals surface area contributed by atoms with E-state index in [2.05, 4.69) is 13.8 Å². The number of hydrogen-bond donors (Lipinski definition) is 0. The molecular weight excluding hydrogens is 316 g/mol. The largest absolute Gasteiger partial charge is 0.229 e. The molecule has 6 aliphatic rings. The first-order chi connectivity index (χ1) is 11.5. The van der Waals surface area contributed by atoms with Crippen LogP contribution in [0.4, 0.5) is 0 Å². The molecule has 12 atom stereocenters. The molecule has 24 heavy (non-hydrogen) atoms. The summed E-state index contributed by atoms with van der Waals surface area (Å²) in [7, 11) is -2.73. The maximum absolute atomic E-state index is 12.3. The Bertz CT molecular complexity index is 621. The van der Waals surface area contributed by atoms with Crippen LogP contribution in [0.3, 0.4) is 0 Å². The summed E-state index contributed by atoms with van der Waals surface area (Å²) in [6, 6.07) is 0. The molecule has 5 saturated carbocycles. The third-order valence-electron chi connectivity index (χ3n) is 10.2. The third-order valence-corrected chi connectivity index (χ3v) is 12.0. The van der Waals surface area contributed by atoms with E-state index in [1.54, 1.807) is 0 Å². The Morgan fingerprint density at radius 1 is 0.625 bits per heavy atom. The van der Waals surface area contributed by atoms with Crippen LogP contribution in [0.15, 0.2) is 0 Å². The predicted octanol–water partition coefficient (Wildman–Crippen LogP) is 3.87. The van der Waals surface area contributed by atoms with E-state index in [1.807, 2.05) is 0 Å². The van der Waals surface area contributed by atoms with Crippen molar-refractivity contribution >= 4 is 9.84 Å². The summed E-state index contributed by atoms with van der Waals surface area (Å²) in [4.78, 5) is 0. The van der Waals surface area contributed by atoms with Crippen molar-refractivity contribution < 1.29 is 8.42 Å². The van der Waals surface area contributed by atoms with Crippen molar-refractivity contribution in [1.82, 2.24) is 0 Å². The van der Waals surface area contributed by atoms with Gasteiger partial charge in [0.15, 0.2) is 9.84 Å². The molecule has 6 rings (SSSR count). The van der Waals surface area contributed by atoms with Crippen LogP contribution < -0.4 is 0 Å². The Balaban J connectivity index is 1.38. The predicted molar refractivity (Wildman–Crippen MR) is 95.0 cm³/mol. The minimum atomic E-state index is -2.73. The highest BCUT2D eigenvalue weighted by atomic mass is 32.2. The lowest BCUT2D eigenvalue weighted by Crippen LogP contribution is -2.43. The zero-order chi connectivity index (χ0) is 16.4. The molecule has 0 N–H and O–H groups in total. The van der Waals surface area contributed by atoms with E-state index in [-0.39, 0.29) is 0 Å². The van der Waals surface area contributed by atoms with Gasteiger partial charge in [0.05, 0.1) is 11.5 Å². The van der Waals surface area contributed by atoms with Crippen LogP contribution in [0.2, 0.25) is 0 Å². The lowest BCUT2D eigenvalue weighted by molar-refractivity contribution is 0.00863. The fourth-order valence-electron chi connectivity index (χ4n) is 10.0. The smallest absolute Gasteiger partial charge is 0.150 e. The molecule has 6 fully saturated rings. The second kappa shape index (κ2) is 4.61. The van der Waals surface area contributed by atoms with Crippen molar-refractivity contribution in [3.63, 3.8) is 0 Å². The van der Waals surface area contributed by atoms with Crippen LogP contribution in [0.25, 0.3) is 0 Å². The zero-order valence-electron chi connectivity index (χ0n) is 15.1. The van der Waals surface area contributed by atoms with Gasteiger partial charge in [-0.3, -0.25) is 0 Å². The van der Waals surface area contributed by atoms with Crippen LogP contribution >= 0.6 is 0 Å². The molecule has 0 aromatic carbocycles. The summed E-state index contributed by atoms with van der Waals surface area (Å²) in [6.45, 7) is 4.84. The number of rotatable bonds is 2. The first-order valence-corrected chi connectivity index (χ1v) is 12.6. The summed E-state index contributed by atoms with van der Waals surface area (Å²) in [5.41, 5.74) is 0. The zero-order valence-corrected chi connectivity index (χ0v) is 15.9. The van der Waals surface area contributed by atoms with Crippen molar-refractivity contribution in [3.05, 3.63) is 0 Å². The van der Waals surface area contributed by atoms with E-state index < -0.39 is 9.84 Å². The monoisotopic (exact) mass is 348 g/mol. The first kappa shape index (κ1) is 15.1. The molecule has 0 radical (unpaired) electrons. The fraction of sp³-hybridized carbons (Fsp3) is 1.00. The quantitative estimate of drug-likeness (QED) is 0.710. The topological polar surface area (TPSA) is 34.1 Å². The van der Waals surface area contributed by atoms with Gasteiger partial charge in [-0.25, -0.2) is 8.42 Å². The van der Waals surface area contributed by atoms with Crippen LogP contribution in [0.5, 0.6) is 0 Å². The Labute approximate surface area is 147 Å². The SMILES string of the molecule is CCC1CC(CC)C2C3CC(C12)C1C2CC(C4CS(=O)(=O)CC42)C31. The van der Waals surface area contributed by atoms with Gasteiger partial charge >= 0.3 is 0 Å². The molecule has 1 heterocycles. The van der Waals surface area contributed by atoms with Crippen molar-refractivity contribution in [2.75, 3.05) is 11.5 Å². The average molecular weight is 349 g/mol. The number of sulfone groups is 1. The minimum Gasteiger partial charge on any atom is -0.229 e. The molecule has 3 heteroatoms.